The largest absolute Gasteiger partial charge is 0.319 e. The van der Waals surface area contributed by atoms with E-state index in [1.807, 2.05) is 6.07 Å². The molecule has 0 saturated carbocycles. The molecule has 3 amide bonds. The smallest absolute Gasteiger partial charge is 0.264 e. The third-order valence-electron chi connectivity index (χ3n) is 3.77. The van der Waals surface area contributed by atoms with Crippen LogP contribution in [0.1, 0.15) is 33.5 Å². The third kappa shape index (κ3) is 2.47. The molecule has 0 aromatic carbocycles. The number of aryl methyl sites for hydroxylation is 1. The molecular weight excluding hydrogens is 276 g/mol. The summed E-state index contributed by atoms with van der Waals surface area (Å²) < 4.78 is 0. The second kappa shape index (κ2) is 5.01. The highest BCUT2D eigenvalue weighted by Gasteiger charge is 2.29. The van der Waals surface area contributed by atoms with Gasteiger partial charge in [-0.3, -0.25) is 19.7 Å². The second-order valence-electron chi connectivity index (χ2n) is 5.54. The van der Waals surface area contributed by atoms with Crippen molar-refractivity contribution in [2.75, 3.05) is 13.1 Å². The van der Waals surface area contributed by atoms with Gasteiger partial charge in [0, 0.05) is 4.88 Å². The van der Waals surface area contributed by atoms with Crippen molar-refractivity contribution in [1.29, 1.82) is 0 Å². The molecule has 2 heterocycles. The van der Waals surface area contributed by atoms with Crippen LogP contribution >= 0.6 is 11.3 Å². The zero-order valence-electron chi connectivity index (χ0n) is 11.3. The fourth-order valence-corrected chi connectivity index (χ4v) is 3.92. The standard InChI is InChI=1S/C14H16N2O3S/c1-8-2-3-10-9(4-8)5-11(20-10)14(19)16-6-12(17)15-13(18)7-16/h5,8H,2-4,6-7H2,1H3,(H,15,17,18). The van der Waals surface area contributed by atoms with Crippen molar-refractivity contribution in [3.63, 3.8) is 0 Å². The first-order valence-electron chi connectivity index (χ1n) is 6.76. The molecule has 1 fully saturated rings. The van der Waals surface area contributed by atoms with Crippen molar-refractivity contribution in [2.24, 2.45) is 5.92 Å². The summed E-state index contributed by atoms with van der Waals surface area (Å²) in [6, 6.07) is 1.94. The average Bonchev–Trinajstić information content (AvgIpc) is 2.79. The number of hydrogen-bond donors (Lipinski definition) is 1. The summed E-state index contributed by atoms with van der Waals surface area (Å²) in [4.78, 5) is 38.3. The Morgan fingerprint density at radius 3 is 2.75 bits per heavy atom. The Bertz CT molecular complexity index is 577. The minimum Gasteiger partial charge on any atom is -0.319 e. The lowest BCUT2D eigenvalue weighted by molar-refractivity contribution is -0.135. The Morgan fingerprint density at radius 2 is 2.05 bits per heavy atom. The van der Waals surface area contributed by atoms with Crippen LogP contribution in [0.4, 0.5) is 0 Å². The second-order valence-corrected chi connectivity index (χ2v) is 6.68. The van der Waals surface area contributed by atoms with Gasteiger partial charge in [-0.05, 0) is 36.8 Å². The molecule has 0 radical (unpaired) electrons. The fraction of sp³-hybridized carbons (Fsp3) is 0.500. The van der Waals surface area contributed by atoms with Gasteiger partial charge >= 0.3 is 0 Å². The summed E-state index contributed by atoms with van der Waals surface area (Å²) in [6.07, 6.45) is 3.19. The summed E-state index contributed by atoms with van der Waals surface area (Å²) in [5.41, 5.74) is 1.25. The van der Waals surface area contributed by atoms with E-state index in [1.54, 1.807) is 0 Å². The van der Waals surface area contributed by atoms with Crippen LogP contribution in [0, 0.1) is 5.92 Å². The maximum absolute atomic E-state index is 12.4. The van der Waals surface area contributed by atoms with Crippen LogP contribution < -0.4 is 5.32 Å². The summed E-state index contributed by atoms with van der Waals surface area (Å²) in [7, 11) is 0. The van der Waals surface area contributed by atoms with E-state index in [0.29, 0.717) is 10.8 Å². The first-order valence-corrected chi connectivity index (χ1v) is 7.58. The number of piperazine rings is 1. The number of amides is 3. The van der Waals surface area contributed by atoms with E-state index < -0.39 is 11.8 Å². The summed E-state index contributed by atoms with van der Waals surface area (Å²) >= 11 is 1.51. The first kappa shape index (κ1) is 13.3. The molecular formula is C14H16N2O3S. The van der Waals surface area contributed by atoms with Crippen LogP contribution in [0.25, 0.3) is 0 Å². The molecule has 6 heteroatoms. The average molecular weight is 292 g/mol. The van der Waals surface area contributed by atoms with Gasteiger partial charge in [0.2, 0.25) is 11.8 Å². The van der Waals surface area contributed by atoms with E-state index in [0.717, 1.165) is 19.3 Å². The Balaban J connectivity index is 1.80. The molecule has 2 aliphatic rings. The van der Waals surface area contributed by atoms with Crippen molar-refractivity contribution in [3.8, 4) is 0 Å². The Morgan fingerprint density at radius 1 is 1.35 bits per heavy atom. The molecule has 1 atom stereocenters. The number of nitrogens with zero attached hydrogens (tertiary/aromatic N) is 1. The molecule has 0 bridgehead atoms. The van der Waals surface area contributed by atoms with Gasteiger partial charge in [-0.25, -0.2) is 0 Å². The molecule has 1 saturated heterocycles. The molecule has 3 rings (SSSR count). The summed E-state index contributed by atoms with van der Waals surface area (Å²) in [5.74, 6) is -0.378. The molecule has 5 nitrogen and oxygen atoms in total. The van der Waals surface area contributed by atoms with Crippen LogP contribution in [0.15, 0.2) is 6.07 Å². The number of imide groups is 1. The number of carbonyl (C=O) groups is 3. The van der Waals surface area contributed by atoms with Crippen LogP contribution in [0.2, 0.25) is 0 Å². The molecule has 20 heavy (non-hydrogen) atoms. The minimum absolute atomic E-state index is 0.0382. The predicted octanol–water partition coefficient (Wildman–Crippen LogP) is 0.971. The van der Waals surface area contributed by atoms with Gasteiger partial charge < -0.3 is 4.90 Å². The number of hydrogen-bond acceptors (Lipinski definition) is 4. The molecule has 1 unspecified atom stereocenters. The van der Waals surface area contributed by atoms with Crippen molar-refractivity contribution in [3.05, 3.63) is 21.4 Å². The highest BCUT2D eigenvalue weighted by molar-refractivity contribution is 7.14. The first-order chi connectivity index (χ1) is 9.52. The van der Waals surface area contributed by atoms with Crippen LogP contribution in [0.3, 0.4) is 0 Å². The van der Waals surface area contributed by atoms with Crippen molar-refractivity contribution in [1.82, 2.24) is 10.2 Å². The maximum Gasteiger partial charge on any atom is 0.264 e. The van der Waals surface area contributed by atoms with Gasteiger partial charge in [0.05, 0.1) is 4.88 Å². The van der Waals surface area contributed by atoms with Crippen LogP contribution in [-0.4, -0.2) is 35.7 Å². The molecule has 1 N–H and O–H groups in total. The summed E-state index contributed by atoms with van der Waals surface area (Å²) in [6.45, 7) is 2.14. The van der Waals surface area contributed by atoms with E-state index in [1.165, 1.54) is 26.7 Å². The Hall–Kier alpha value is -1.69. The molecule has 1 aliphatic carbocycles. The van der Waals surface area contributed by atoms with Gasteiger partial charge in [0.25, 0.3) is 5.91 Å². The van der Waals surface area contributed by atoms with E-state index in [-0.39, 0.29) is 19.0 Å². The van der Waals surface area contributed by atoms with E-state index >= 15 is 0 Å². The lowest BCUT2D eigenvalue weighted by atomic mass is 9.90. The van der Waals surface area contributed by atoms with Gasteiger partial charge in [0.1, 0.15) is 13.1 Å². The summed E-state index contributed by atoms with van der Waals surface area (Å²) in [5, 5.41) is 2.20. The number of carbonyl (C=O) groups excluding carboxylic acids is 3. The highest BCUT2D eigenvalue weighted by Crippen LogP contribution is 2.32. The molecule has 1 aliphatic heterocycles. The lowest BCUT2D eigenvalue weighted by Crippen LogP contribution is -2.53. The number of fused-ring (bicyclic) bond motifs is 1. The zero-order chi connectivity index (χ0) is 14.3. The van der Waals surface area contributed by atoms with Gasteiger partial charge in [-0.1, -0.05) is 6.92 Å². The van der Waals surface area contributed by atoms with Crippen molar-refractivity contribution in [2.45, 2.75) is 26.2 Å². The molecule has 1 aromatic rings. The van der Waals surface area contributed by atoms with E-state index in [2.05, 4.69) is 12.2 Å². The minimum atomic E-state index is -0.412. The molecule has 1 aromatic heterocycles. The maximum atomic E-state index is 12.4. The molecule has 106 valence electrons. The van der Waals surface area contributed by atoms with Crippen LogP contribution in [0.5, 0.6) is 0 Å². The highest BCUT2D eigenvalue weighted by atomic mass is 32.1. The van der Waals surface area contributed by atoms with Crippen LogP contribution in [-0.2, 0) is 22.4 Å². The quantitative estimate of drug-likeness (QED) is 0.784. The molecule has 0 spiro atoms. The Kier molecular flexibility index (Phi) is 3.33. The monoisotopic (exact) mass is 292 g/mol. The van der Waals surface area contributed by atoms with Gasteiger partial charge in [-0.15, -0.1) is 11.3 Å². The van der Waals surface area contributed by atoms with Gasteiger partial charge in [0.15, 0.2) is 0 Å². The Labute approximate surface area is 121 Å². The number of thiophene rings is 1. The SMILES string of the molecule is CC1CCc2sc(C(=O)N3CC(=O)NC(=O)C3)cc2C1. The number of rotatable bonds is 1. The third-order valence-corrected chi connectivity index (χ3v) is 5.00. The van der Waals surface area contributed by atoms with E-state index in [4.69, 9.17) is 0 Å². The predicted molar refractivity (Wildman–Crippen MR) is 74.6 cm³/mol. The lowest BCUT2D eigenvalue weighted by Gasteiger charge is -2.24. The topological polar surface area (TPSA) is 66.5 Å². The number of nitrogens with one attached hydrogen (secondary N) is 1. The van der Waals surface area contributed by atoms with Crippen molar-refractivity contribution < 1.29 is 14.4 Å². The fourth-order valence-electron chi connectivity index (χ4n) is 2.75. The zero-order valence-corrected chi connectivity index (χ0v) is 12.1. The van der Waals surface area contributed by atoms with E-state index in [9.17, 15) is 14.4 Å². The van der Waals surface area contributed by atoms with Crippen molar-refractivity contribution >= 4 is 29.1 Å². The van der Waals surface area contributed by atoms with Gasteiger partial charge in [-0.2, -0.15) is 0 Å². The normalized spacial score (nSPS) is 22.4.